The molecule has 1 fully saturated rings. The lowest BCUT2D eigenvalue weighted by atomic mass is 10.0. The Labute approximate surface area is 164 Å². The largest absolute Gasteiger partial charge is 0.351 e. The quantitative estimate of drug-likeness (QED) is 0.498. The van der Waals surface area contributed by atoms with E-state index in [9.17, 15) is 4.79 Å². The van der Waals surface area contributed by atoms with Gasteiger partial charge in [-0.25, -0.2) is 15.4 Å². The van der Waals surface area contributed by atoms with Crippen molar-refractivity contribution in [1.82, 2.24) is 20.8 Å². The van der Waals surface area contributed by atoms with E-state index in [-0.39, 0.29) is 5.56 Å². The number of carbonyl (C=O) groups excluding carboxylic acids is 1. The van der Waals surface area contributed by atoms with Crippen LogP contribution in [0.4, 0.5) is 11.6 Å². The van der Waals surface area contributed by atoms with Crippen molar-refractivity contribution in [3.63, 3.8) is 0 Å². The van der Waals surface area contributed by atoms with Crippen LogP contribution in [0.5, 0.6) is 0 Å². The van der Waals surface area contributed by atoms with E-state index in [0.29, 0.717) is 12.0 Å². The summed E-state index contributed by atoms with van der Waals surface area (Å²) in [4.78, 5) is 24.0. The average Bonchev–Trinajstić information content (AvgIpc) is 2.77. The molecule has 1 aromatic carbocycles. The molecule has 1 saturated heterocycles. The molecule has 2 heterocycles. The molecule has 8 heteroatoms. The number of aromatic nitrogens is 2. The van der Waals surface area contributed by atoms with Gasteiger partial charge in [0.25, 0.3) is 5.91 Å². The topological polar surface area (TPSA) is 93.6 Å². The molecule has 1 aliphatic heterocycles. The van der Waals surface area contributed by atoms with Crippen LogP contribution in [0.2, 0.25) is 0 Å². The van der Waals surface area contributed by atoms with Gasteiger partial charge in [0.05, 0.1) is 5.56 Å². The highest BCUT2D eigenvalue weighted by Gasteiger charge is 2.21. The van der Waals surface area contributed by atoms with E-state index in [1.807, 2.05) is 24.2 Å². The molecule has 0 atom stereocenters. The van der Waals surface area contributed by atoms with Crippen LogP contribution in [-0.2, 0) is 6.54 Å². The summed E-state index contributed by atoms with van der Waals surface area (Å²) in [6, 6.07) is 8.75. The van der Waals surface area contributed by atoms with Crippen LogP contribution in [0.25, 0.3) is 0 Å². The number of amides is 1. The molecule has 1 aromatic heterocycles. The fourth-order valence-electron chi connectivity index (χ4n) is 3.31. The minimum absolute atomic E-state index is 0.228. The Morgan fingerprint density at radius 2 is 2.00 bits per heavy atom. The maximum atomic E-state index is 11.3. The third-order valence-electron chi connectivity index (χ3n) is 5.01. The number of rotatable bonds is 7. The third kappa shape index (κ3) is 4.65. The first kappa shape index (κ1) is 19.8. The molecule has 0 radical (unpaired) electrons. The number of piperidine rings is 1. The highest BCUT2D eigenvalue weighted by molar-refractivity contribution is 5.92. The number of carbonyl (C=O) groups is 1. The van der Waals surface area contributed by atoms with Gasteiger partial charge >= 0.3 is 0 Å². The Morgan fingerprint density at radius 1 is 1.32 bits per heavy atom. The van der Waals surface area contributed by atoms with Gasteiger partial charge in [0.2, 0.25) is 5.95 Å². The zero-order valence-electron chi connectivity index (χ0n) is 16.0. The van der Waals surface area contributed by atoms with Crippen LogP contribution in [0.3, 0.4) is 0 Å². The number of anilines is 2. The van der Waals surface area contributed by atoms with Crippen molar-refractivity contribution in [2.24, 2.45) is 0 Å². The van der Waals surface area contributed by atoms with E-state index in [2.05, 4.69) is 45.0 Å². The molecule has 0 saturated carbocycles. The fraction of sp³-hybridized carbons (Fsp3) is 0.350. The molecule has 28 heavy (non-hydrogen) atoms. The minimum Gasteiger partial charge on any atom is -0.351 e. The zero-order valence-corrected chi connectivity index (χ0v) is 16.0. The van der Waals surface area contributed by atoms with E-state index < -0.39 is 5.91 Å². The van der Waals surface area contributed by atoms with E-state index in [0.717, 1.165) is 38.2 Å². The van der Waals surface area contributed by atoms with Gasteiger partial charge in [0, 0.05) is 50.8 Å². The van der Waals surface area contributed by atoms with Gasteiger partial charge in [-0.2, -0.15) is 0 Å². The van der Waals surface area contributed by atoms with Crippen molar-refractivity contribution in [1.29, 1.82) is 0 Å². The Hall–Kier alpha value is -2.97. The Balaban J connectivity index is 1.52. The number of benzene rings is 1. The summed E-state index contributed by atoms with van der Waals surface area (Å²) in [5.74, 6) is -0.0114. The normalized spacial score (nSPS) is 14.6. The minimum atomic E-state index is -0.614. The second kappa shape index (κ2) is 9.29. The monoisotopic (exact) mass is 382 g/mol. The molecule has 2 aromatic rings. The molecule has 3 N–H and O–H groups in total. The SMILES string of the molecule is C=CN(C)c1ccccc1CNC1CCN(c2ncc(C(=O)NO)cn2)CC1. The lowest BCUT2D eigenvalue weighted by molar-refractivity contribution is 0.0705. The van der Waals surface area contributed by atoms with Gasteiger partial charge in [-0.05, 0) is 30.7 Å². The molecule has 1 amide bonds. The summed E-state index contributed by atoms with van der Waals surface area (Å²) in [6.07, 6.45) is 6.63. The number of hydroxylamine groups is 1. The van der Waals surface area contributed by atoms with Crippen LogP contribution in [-0.4, -0.2) is 47.3 Å². The molecule has 0 aliphatic carbocycles. The van der Waals surface area contributed by atoms with Crippen molar-refractivity contribution in [3.8, 4) is 0 Å². The van der Waals surface area contributed by atoms with E-state index in [4.69, 9.17) is 5.21 Å². The van der Waals surface area contributed by atoms with Crippen LogP contribution in [0.1, 0.15) is 28.8 Å². The third-order valence-corrected chi connectivity index (χ3v) is 5.01. The predicted molar refractivity (Wildman–Crippen MR) is 108 cm³/mol. The molecular weight excluding hydrogens is 356 g/mol. The van der Waals surface area contributed by atoms with Crippen LogP contribution in [0, 0.1) is 0 Å². The maximum absolute atomic E-state index is 11.3. The van der Waals surface area contributed by atoms with E-state index >= 15 is 0 Å². The van der Waals surface area contributed by atoms with Crippen LogP contribution < -0.4 is 20.6 Å². The number of hydrogen-bond acceptors (Lipinski definition) is 7. The molecule has 1 aliphatic rings. The average molecular weight is 382 g/mol. The highest BCUT2D eigenvalue weighted by atomic mass is 16.5. The molecule has 148 valence electrons. The van der Waals surface area contributed by atoms with Crippen molar-refractivity contribution in [2.45, 2.75) is 25.4 Å². The summed E-state index contributed by atoms with van der Waals surface area (Å²) in [5.41, 5.74) is 4.21. The first-order valence-corrected chi connectivity index (χ1v) is 9.30. The smallest absolute Gasteiger partial charge is 0.277 e. The summed E-state index contributed by atoms with van der Waals surface area (Å²) >= 11 is 0. The second-order valence-electron chi connectivity index (χ2n) is 6.78. The van der Waals surface area contributed by atoms with E-state index in [1.165, 1.54) is 18.0 Å². The van der Waals surface area contributed by atoms with Gasteiger partial charge in [-0.3, -0.25) is 10.0 Å². The first-order valence-electron chi connectivity index (χ1n) is 9.30. The molecule has 0 spiro atoms. The highest BCUT2D eigenvalue weighted by Crippen LogP contribution is 2.21. The molecular formula is C20H26N6O2. The van der Waals surface area contributed by atoms with Crippen LogP contribution >= 0.6 is 0 Å². The van der Waals surface area contributed by atoms with Crippen LogP contribution in [0.15, 0.2) is 49.4 Å². The molecule has 0 bridgehead atoms. The van der Waals surface area contributed by atoms with Crippen molar-refractivity contribution >= 4 is 17.5 Å². The van der Waals surface area contributed by atoms with Gasteiger partial charge in [-0.1, -0.05) is 24.8 Å². The Bertz CT molecular complexity index is 803. The van der Waals surface area contributed by atoms with Crippen molar-refractivity contribution in [3.05, 3.63) is 60.6 Å². The maximum Gasteiger partial charge on any atom is 0.277 e. The number of para-hydroxylation sites is 1. The summed E-state index contributed by atoms with van der Waals surface area (Å²) in [5, 5.41) is 12.3. The van der Waals surface area contributed by atoms with E-state index in [1.54, 1.807) is 5.48 Å². The van der Waals surface area contributed by atoms with Gasteiger partial charge in [0.15, 0.2) is 0 Å². The van der Waals surface area contributed by atoms with Gasteiger partial charge in [0.1, 0.15) is 0 Å². The Kier molecular flexibility index (Phi) is 6.57. The summed E-state index contributed by atoms with van der Waals surface area (Å²) < 4.78 is 0. The van der Waals surface area contributed by atoms with Gasteiger partial charge in [-0.15, -0.1) is 0 Å². The molecule has 8 nitrogen and oxygen atoms in total. The van der Waals surface area contributed by atoms with Crippen molar-refractivity contribution < 1.29 is 10.0 Å². The lowest BCUT2D eigenvalue weighted by Gasteiger charge is -2.32. The summed E-state index contributed by atoms with van der Waals surface area (Å²) in [6.45, 7) is 6.33. The first-order chi connectivity index (χ1) is 13.6. The second-order valence-corrected chi connectivity index (χ2v) is 6.78. The number of hydrogen-bond donors (Lipinski definition) is 3. The lowest BCUT2D eigenvalue weighted by Crippen LogP contribution is -2.43. The van der Waals surface area contributed by atoms with Crippen molar-refractivity contribution in [2.75, 3.05) is 29.9 Å². The number of nitrogens with zero attached hydrogens (tertiary/aromatic N) is 4. The predicted octanol–water partition coefficient (Wildman–Crippen LogP) is 1.93. The van der Waals surface area contributed by atoms with Gasteiger partial charge < -0.3 is 15.1 Å². The molecule has 3 rings (SSSR count). The number of nitrogens with one attached hydrogen (secondary N) is 2. The summed E-state index contributed by atoms with van der Waals surface area (Å²) in [7, 11) is 2.00. The Morgan fingerprint density at radius 3 is 2.64 bits per heavy atom. The zero-order chi connectivity index (χ0) is 19.9. The molecule has 0 unspecified atom stereocenters. The standard InChI is InChI=1S/C20H26N6O2/c1-3-25(2)18-7-5-4-6-15(18)12-21-17-8-10-26(11-9-17)20-22-13-16(14-23-20)19(27)24-28/h3-7,13-14,17,21,28H,1,8-12H2,2H3,(H,24,27). The fourth-order valence-corrected chi connectivity index (χ4v) is 3.31.